The van der Waals surface area contributed by atoms with E-state index in [9.17, 15) is 13.2 Å². The van der Waals surface area contributed by atoms with Crippen molar-refractivity contribution in [2.45, 2.75) is 13.3 Å². The van der Waals surface area contributed by atoms with Crippen molar-refractivity contribution >= 4 is 5.71 Å². The van der Waals surface area contributed by atoms with Gasteiger partial charge in [-0.25, -0.2) is 0 Å². The van der Waals surface area contributed by atoms with E-state index in [1.807, 2.05) is 0 Å². The fraction of sp³-hybridized carbons (Fsp3) is 0.182. The number of halogens is 3. The summed E-state index contributed by atoms with van der Waals surface area (Å²) < 4.78 is 39.9. The van der Waals surface area contributed by atoms with Crippen molar-refractivity contribution in [2.24, 2.45) is 5.10 Å². The molecule has 0 N–H and O–H groups in total. The lowest BCUT2D eigenvalue weighted by Crippen LogP contribution is -2.17. The van der Waals surface area contributed by atoms with E-state index in [1.165, 1.54) is 18.2 Å². The molecule has 0 spiro atoms. The average Bonchev–Trinajstić information content (AvgIpc) is 2.63. The van der Waals surface area contributed by atoms with Gasteiger partial charge in [0.05, 0.1) is 11.4 Å². The lowest BCUT2D eigenvalue weighted by molar-refractivity contribution is -0.274. The zero-order valence-electron chi connectivity index (χ0n) is 8.82. The highest BCUT2D eigenvalue weighted by atomic mass is 19.4. The van der Waals surface area contributed by atoms with E-state index in [2.05, 4.69) is 15.3 Å². The molecule has 0 aliphatic carbocycles. The SMILES string of the molecule is CC1=CC(c2cccc(OC(F)(F)F)c2)=N[N]1. The van der Waals surface area contributed by atoms with Crippen LogP contribution >= 0.6 is 0 Å². The molecule has 2 rings (SSSR count). The van der Waals surface area contributed by atoms with Crippen LogP contribution in [0.1, 0.15) is 12.5 Å². The Labute approximate surface area is 95.6 Å². The summed E-state index contributed by atoms with van der Waals surface area (Å²) in [6.45, 7) is 1.76. The summed E-state index contributed by atoms with van der Waals surface area (Å²) in [6.07, 6.45) is -3.00. The van der Waals surface area contributed by atoms with Crippen LogP contribution in [0.25, 0.3) is 0 Å². The maximum Gasteiger partial charge on any atom is 0.573 e. The summed E-state index contributed by atoms with van der Waals surface area (Å²) in [7, 11) is 0. The summed E-state index contributed by atoms with van der Waals surface area (Å²) in [4.78, 5) is 0. The van der Waals surface area contributed by atoms with E-state index in [0.29, 0.717) is 17.0 Å². The van der Waals surface area contributed by atoms with Crippen LogP contribution in [-0.2, 0) is 0 Å². The van der Waals surface area contributed by atoms with Gasteiger partial charge in [0.15, 0.2) is 0 Å². The Hall–Kier alpha value is -1.98. The van der Waals surface area contributed by atoms with E-state index >= 15 is 0 Å². The largest absolute Gasteiger partial charge is 0.573 e. The van der Waals surface area contributed by atoms with E-state index in [1.54, 1.807) is 19.1 Å². The summed E-state index contributed by atoms with van der Waals surface area (Å²) in [5, 5.41) is 3.84. The van der Waals surface area contributed by atoms with Crippen LogP contribution in [0.15, 0.2) is 41.1 Å². The molecule has 0 saturated carbocycles. The maximum absolute atomic E-state index is 12.0. The van der Waals surface area contributed by atoms with Gasteiger partial charge in [0, 0.05) is 5.56 Å². The van der Waals surface area contributed by atoms with Crippen LogP contribution in [-0.4, -0.2) is 12.1 Å². The van der Waals surface area contributed by atoms with Crippen molar-refractivity contribution in [3.05, 3.63) is 41.6 Å². The van der Waals surface area contributed by atoms with E-state index in [4.69, 9.17) is 0 Å². The molecule has 17 heavy (non-hydrogen) atoms. The first-order chi connectivity index (χ1) is 7.94. The molecule has 0 saturated heterocycles. The van der Waals surface area contributed by atoms with Gasteiger partial charge in [-0.2, -0.15) is 10.5 Å². The van der Waals surface area contributed by atoms with Gasteiger partial charge in [0.1, 0.15) is 5.75 Å². The number of benzene rings is 1. The summed E-state index contributed by atoms with van der Waals surface area (Å²) >= 11 is 0. The molecule has 1 heterocycles. The molecule has 0 amide bonds. The molecule has 0 aromatic heterocycles. The van der Waals surface area contributed by atoms with Gasteiger partial charge in [-0.1, -0.05) is 12.1 Å². The Morgan fingerprint density at radius 1 is 1.24 bits per heavy atom. The van der Waals surface area contributed by atoms with E-state index in [-0.39, 0.29) is 5.75 Å². The molecule has 0 unspecified atom stereocenters. The number of nitrogens with zero attached hydrogens (tertiary/aromatic N) is 2. The quantitative estimate of drug-likeness (QED) is 0.784. The highest BCUT2D eigenvalue weighted by molar-refractivity contribution is 6.10. The summed E-state index contributed by atoms with van der Waals surface area (Å²) in [6, 6.07) is 5.63. The summed E-state index contributed by atoms with van der Waals surface area (Å²) in [5.74, 6) is -0.268. The van der Waals surface area contributed by atoms with Crippen molar-refractivity contribution in [1.82, 2.24) is 5.43 Å². The first kappa shape index (κ1) is 11.5. The Morgan fingerprint density at radius 2 is 2.00 bits per heavy atom. The third-order valence-corrected chi connectivity index (χ3v) is 2.02. The van der Waals surface area contributed by atoms with Gasteiger partial charge < -0.3 is 4.74 Å². The predicted octanol–water partition coefficient (Wildman–Crippen LogP) is 2.81. The topological polar surface area (TPSA) is 35.7 Å². The third-order valence-electron chi connectivity index (χ3n) is 2.02. The molecule has 0 bridgehead atoms. The van der Waals surface area contributed by atoms with Crippen molar-refractivity contribution < 1.29 is 17.9 Å². The van der Waals surface area contributed by atoms with Gasteiger partial charge >= 0.3 is 6.36 Å². The van der Waals surface area contributed by atoms with Gasteiger partial charge in [0.25, 0.3) is 0 Å². The highest BCUT2D eigenvalue weighted by Gasteiger charge is 2.31. The van der Waals surface area contributed by atoms with Crippen molar-refractivity contribution in [3.63, 3.8) is 0 Å². The average molecular weight is 241 g/mol. The number of hydrogen-bond donors (Lipinski definition) is 0. The molecule has 1 aliphatic rings. The van der Waals surface area contributed by atoms with Crippen LogP contribution in [0.3, 0.4) is 0 Å². The lowest BCUT2D eigenvalue weighted by Gasteiger charge is -2.09. The normalized spacial score (nSPS) is 15.1. The molecule has 1 aromatic carbocycles. The zero-order chi connectivity index (χ0) is 12.5. The van der Waals surface area contributed by atoms with E-state index in [0.717, 1.165) is 0 Å². The van der Waals surface area contributed by atoms with Gasteiger partial charge in [0.2, 0.25) is 0 Å². The molecule has 1 aromatic rings. The molecular formula is C11H8F3N2O. The van der Waals surface area contributed by atoms with Gasteiger partial charge in [-0.05, 0) is 25.1 Å². The van der Waals surface area contributed by atoms with Crippen LogP contribution in [0.5, 0.6) is 5.75 Å². The molecular weight excluding hydrogens is 233 g/mol. The first-order valence-electron chi connectivity index (χ1n) is 4.77. The maximum atomic E-state index is 12.0. The van der Waals surface area contributed by atoms with Crippen molar-refractivity contribution in [3.8, 4) is 5.75 Å². The zero-order valence-corrected chi connectivity index (χ0v) is 8.82. The highest BCUT2D eigenvalue weighted by Crippen LogP contribution is 2.24. The number of alkyl halides is 3. The predicted molar refractivity (Wildman–Crippen MR) is 55.6 cm³/mol. The smallest absolute Gasteiger partial charge is 0.406 e. The molecule has 1 radical (unpaired) electrons. The Bertz CT molecular complexity index is 492. The first-order valence-corrected chi connectivity index (χ1v) is 4.77. The lowest BCUT2D eigenvalue weighted by atomic mass is 10.1. The second-order valence-corrected chi connectivity index (χ2v) is 3.45. The second-order valence-electron chi connectivity index (χ2n) is 3.45. The van der Waals surface area contributed by atoms with Crippen molar-refractivity contribution in [1.29, 1.82) is 0 Å². The monoisotopic (exact) mass is 241 g/mol. The van der Waals surface area contributed by atoms with Gasteiger partial charge in [-0.3, -0.25) is 0 Å². The minimum Gasteiger partial charge on any atom is -0.406 e. The number of hydrogen-bond acceptors (Lipinski definition) is 2. The fourth-order valence-electron chi connectivity index (χ4n) is 1.38. The van der Waals surface area contributed by atoms with Gasteiger partial charge in [-0.15, -0.1) is 13.2 Å². The Kier molecular flexibility index (Phi) is 2.79. The van der Waals surface area contributed by atoms with Crippen LogP contribution in [0.2, 0.25) is 0 Å². The fourth-order valence-corrected chi connectivity index (χ4v) is 1.38. The molecule has 89 valence electrons. The Morgan fingerprint density at radius 3 is 2.59 bits per heavy atom. The second kappa shape index (κ2) is 4.12. The number of rotatable bonds is 2. The minimum atomic E-state index is -4.69. The van der Waals surface area contributed by atoms with E-state index < -0.39 is 6.36 Å². The Balaban J connectivity index is 2.23. The molecule has 6 heteroatoms. The third kappa shape index (κ3) is 2.99. The molecule has 0 atom stereocenters. The summed E-state index contributed by atoms with van der Waals surface area (Å²) in [5.41, 5.74) is 5.55. The van der Waals surface area contributed by atoms with Crippen LogP contribution < -0.4 is 10.2 Å². The van der Waals surface area contributed by atoms with Crippen LogP contribution in [0, 0.1) is 0 Å². The standard InChI is InChI=1S/C11H8F3N2O/c1-7-5-10(16-15-7)8-3-2-4-9(6-8)17-11(12,13)14/h2-6H,1H3. The number of allylic oxidation sites excluding steroid dienone is 2. The van der Waals surface area contributed by atoms with Crippen molar-refractivity contribution in [2.75, 3.05) is 0 Å². The molecule has 1 aliphatic heterocycles. The molecule has 3 nitrogen and oxygen atoms in total. The van der Waals surface area contributed by atoms with Crippen LogP contribution in [0.4, 0.5) is 13.2 Å². The minimum absolute atomic E-state index is 0.268. The molecule has 0 fully saturated rings. The number of ether oxygens (including phenoxy) is 1.